The quantitative estimate of drug-likeness (QED) is 0.885. The first-order valence-electron chi connectivity index (χ1n) is 6.54. The van der Waals surface area contributed by atoms with Crippen LogP contribution in [0.25, 0.3) is 0 Å². The Balaban J connectivity index is 1.71. The zero-order valence-electron chi connectivity index (χ0n) is 10.6. The summed E-state index contributed by atoms with van der Waals surface area (Å²) in [5, 5.41) is 3.66. The largest absolute Gasteiger partial charge is 0.346 e. The highest BCUT2D eigenvalue weighted by molar-refractivity contribution is 6.30. The molecule has 0 spiro atoms. The Hall–Kier alpha value is -1.32. The topological polar surface area (TPSA) is 17.0 Å². The molecule has 1 aromatic carbocycles. The third-order valence-corrected chi connectivity index (χ3v) is 3.72. The summed E-state index contributed by atoms with van der Waals surface area (Å²) in [5.74, 6) is -0.357. The molecule has 1 aliphatic carbocycles. The van der Waals surface area contributed by atoms with Gasteiger partial charge in [-0.15, -0.1) is 0 Å². The molecule has 1 N–H and O–H groups in total. The second kappa shape index (κ2) is 5.35. The number of nitrogens with zero attached hydrogens (tertiary/aromatic N) is 1. The first kappa shape index (κ1) is 12.7. The SMILES string of the molecule is Fc1cc(Cn2cccc2CNC2CC2)ccc1Cl. The normalized spacial score (nSPS) is 14.8. The van der Waals surface area contributed by atoms with Crippen LogP contribution in [-0.4, -0.2) is 10.6 Å². The van der Waals surface area contributed by atoms with E-state index in [0.29, 0.717) is 12.6 Å². The second-order valence-electron chi connectivity index (χ2n) is 5.03. The Bertz CT molecular complexity index is 575. The molecule has 0 amide bonds. The number of rotatable bonds is 5. The molecule has 4 heteroatoms. The molecule has 1 aromatic heterocycles. The van der Waals surface area contributed by atoms with E-state index in [4.69, 9.17) is 11.6 Å². The maximum absolute atomic E-state index is 13.4. The summed E-state index contributed by atoms with van der Waals surface area (Å²) in [4.78, 5) is 0. The van der Waals surface area contributed by atoms with Crippen molar-refractivity contribution >= 4 is 11.6 Å². The smallest absolute Gasteiger partial charge is 0.142 e. The van der Waals surface area contributed by atoms with Crippen LogP contribution in [0.2, 0.25) is 5.02 Å². The van der Waals surface area contributed by atoms with Crippen LogP contribution >= 0.6 is 11.6 Å². The van der Waals surface area contributed by atoms with E-state index in [9.17, 15) is 4.39 Å². The number of hydrogen-bond acceptors (Lipinski definition) is 1. The van der Waals surface area contributed by atoms with Crippen LogP contribution < -0.4 is 5.32 Å². The molecule has 0 bridgehead atoms. The molecule has 0 saturated heterocycles. The van der Waals surface area contributed by atoms with Crippen LogP contribution in [0.1, 0.15) is 24.1 Å². The van der Waals surface area contributed by atoms with Crippen molar-refractivity contribution in [3.8, 4) is 0 Å². The summed E-state index contributed by atoms with van der Waals surface area (Å²) >= 11 is 5.69. The molecule has 1 fully saturated rings. The van der Waals surface area contributed by atoms with Crippen molar-refractivity contribution in [3.05, 3.63) is 58.6 Å². The molecule has 1 saturated carbocycles. The first-order chi connectivity index (χ1) is 9.22. The summed E-state index contributed by atoms with van der Waals surface area (Å²) in [6.07, 6.45) is 4.59. The molecular formula is C15H16ClFN2. The number of benzene rings is 1. The molecule has 19 heavy (non-hydrogen) atoms. The highest BCUT2D eigenvalue weighted by Gasteiger charge is 2.20. The minimum absolute atomic E-state index is 0.173. The maximum Gasteiger partial charge on any atom is 0.142 e. The summed E-state index contributed by atoms with van der Waals surface area (Å²) < 4.78 is 15.6. The van der Waals surface area contributed by atoms with Gasteiger partial charge in [0.1, 0.15) is 5.82 Å². The van der Waals surface area contributed by atoms with Gasteiger partial charge in [0.15, 0.2) is 0 Å². The van der Waals surface area contributed by atoms with Crippen LogP contribution in [0.3, 0.4) is 0 Å². The molecule has 0 radical (unpaired) electrons. The Labute approximate surface area is 117 Å². The van der Waals surface area contributed by atoms with Crippen LogP contribution in [-0.2, 0) is 13.1 Å². The van der Waals surface area contributed by atoms with E-state index in [1.54, 1.807) is 6.07 Å². The molecule has 3 rings (SSSR count). The van der Waals surface area contributed by atoms with Gasteiger partial charge in [-0.2, -0.15) is 0 Å². The number of hydrogen-bond donors (Lipinski definition) is 1. The van der Waals surface area contributed by atoms with Crippen molar-refractivity contribution < 1.29 is 4.39 Å². The lowest BCUT2D eigenvalue weighted by Crippen LogP contribution is -2.18. The van der Waals surface area contributed by atoms with E-state index < -0.39 is 0 Å². The highest BCUT2D eigenvalue weighted by Crippen LogP contribution is 2.20. The van der Waals surface area contributed by atoms with Crippen molar-refractivity contribution in [2.75, 3.05) is 0 Å². The van der Waals surface area contributed by atoms with Crippen LogP contribution in [0.15, 0.2) is 36.5 Å². The summed E-state index contributed by atoms with van der Waals surface area (Å²) in [5.41, 5.74) is 2.15. The fourth-order valence-electron chi connectivity index (χ4n) is 2.14. The predicted molar refractivity (Wildman–Crippen MR) is 74.8 cm³/mol. The Morgan fingerprint density at radius 3 is 2.89 bits per heavy atom. The minimum Gasteiger partial charge on any atom is -0.346 e. The third-order valence-electron chi connectivity index (χ3n) is 3.41. The van der Waals surface area contributed by atoms with Gasteiger partial charge in [-0.1, -0.05) is 17.7 Å². The standard InChI is InChI=1S/C15H16ClFN2/c16-14-6-3-11(8-15(14)17)10-19-7-1-2-13(19)9-18-12-4-5-12/h1-3,6-8,12,18H,4-5,9-10H2. The van der Waals surface area contributed by atoms with Crippen LogP contribution in [0, 0.1) is 5.82 Å². The highest BCUT2D eigenvalue weighted by atomic mass is 35.5. The third kappa shape index (κ3) is 3.17. The molecule has 0 atom stereocenters. The molecule has 1 heterocycles. The molecule has 1 aliphatic rings. The first-order valence-corrected chi connectivity index (χ1v) is 6.91. The minimum atomic E-state index is -0.357. The summed E-state index contributed by atoms with van der Waals surface area (Å²) in [6, 6.07) is 9.79. The average Bonchev–Trinajstić information content (AvgIpc) is 3.12. The van der Waals surface area contributed by atoms with Crippen molar-refractivity contribution in [1.82, 2.24) is 9.88 Å². The Morgan fingerprint density at radius 1 is 1.32 bits per heavy atom. The molecule has 2 nitrogen and oxygen atoms in total. The molecular weight excluding hydrogens is 263 g/mol. The average molecular weight is 279 g/mol. The molecule has 0 unspecified atom stereocenters. The van der Waals surface area contributed by atoms with E-state index in [0.717, 1.165) is 12.1 Å². The summed E-state index contributed by atoms with van der Waals surface area (Å²) in [6.45, 7) is 1.54. The van der Waals surface area contributed by atoms with Crippen molar-refractivity contribution in [2.45, 2.75) is 32.0 Å². The van der Waals surface area contributed by atoms with E-state index in [-0.39, 0.29) is 10.8 Å². The van der Waals surface area contributed by atoms with Gasteiger partial charge in [0, 0.05) is 31.0 Å². The van der Waals surface area contributed by atoms with E-state index in [2.05, 4.69) is 16.0 Å². The van der Waals surface area contributed by atoms with E-state index in [1.165, 1.54) is 24.6 Å². The van der Waals surface area contributed by atoms with Gasteiger partial charge in [-0.05, 0) is 42.7 Å². The lowest BCUT2D eigenvalue weighted by molar-refractivity contribution is 0.617. The number of nitrogens with one attached hydrogen (secondary N) is 1. The van der Waals surface area contributed by atoms with Gasteiger partial charge in [0.05, 0.1) is 5.02 Å². The monoisotopic (exact) mass is 278 g/mol. The Morgan fingerprint density at radius 2 is 2.16 bits per heavy atom. The molecule has 100 valence electrons. The van der Waals surface area contributed by atoms with Gasteiger partial charge >= 0.3 is 0 Å². The fraction of sp³-hybridized carbons (Fsp3) is 0.333. The maximum atomic E-state index is 13.4. The second-order valence-corrected chi connectivity index (χ2v) is 5.44. The predicted octanol–water partition coefficient (Wildman–Crippen LogP) is 3.58. The van der Waals surface area contributed by atoms with Crippen LogP contribution in [0.5, 0.6) is 0 Å². The van der Waals surface area contributed by atoms with Gasteiger partial charge < -0.3 is 9.88 Å². The Kier molecular flexibility index (Phi) is 3.58. The van der Waals surface area contributed by atoms with Crippen molar-refractivity contribution in [1.29, 1.82) is 0 Å². The zero-order valence-corrected chi connectivity index (χ0v) is 11.3. The lowest BCUT2D eigenvalue weighted by atomic mass is 10.2. The van der Waals surface area contributed by atoms with Gasteiger partial charge in [0.2, 0.25) is 0 Å². The fourth-order valence-corrected chi connectivity index (χ4v) is 2.25. The van der Waals surface area contributed by atoms with Crippen molar-refractivity contribution in [2.24, 2.45) is 0 Å². The summed E-state index contributed by atoms with van der Waals surface area (Å²) in [7, 11) is 0. The van der Waals surface area contributed by atoms with Crippen LogP contribution in [0.4, 0.5) is 4.39 Å². The molecule has 0 aliphatic heterocycles. The zero-order chi connectivity index (χ0) is 13.2. The number of halogens is 2. The van der Waals surface area contributed by atoms with E-state index >= 15 is 0 Å². The van der Waals surface area contributed by atoms with E-state index in [1.807, 2.05) is 18.3 Å². The van der Waals surface area contributed by atoms with Gasteiger partial charge in [-0.3, -0.25) is 0 Å². The van der Waals surface area contributed by atoms with Crippen molar-refractivity contribution in [3.63, 3.8) is 0 Å². The lowest BCUT2D eigenvalue weighted by Gasteiger charge is -2.10. The van der Waals surface area contributed by atoms with Gasteiger partial charge in [0.25, 0.3) is 0 Å². The van der Waals surface area contributed by atoms with Gasteiger partial charge in [-0.25, -0.2) is 4.39 Å². The number of aromatic nitrogens is 1. The molecule has 2 aromatic rings.